The number of rotatable bonds is 6. The highest BCUT2D eigenvalue weighted by Crippen LogP contribution is 2.36. The van der Waals surface area contributed by atoms with Gasteiger partial charge < -0.3 is 15.2 Å². The molecule has 120 valence electrons. The Hall–Kier alpha value is -2.22. The molecule has 0 aliphatic rings. The van der Waals surface area contributed by atoms with Crippen LogP contribution in [0.2, 0.25) is 0 Å². The van der Waals surface area contributed by atoms with Crippen molar-refractivity contribution >= 4 is 6.09 Å². The normalized spacial score (nSPS) is 12.3. The number of terminal acetylenes is 1. The molecule has 1 amide bonds. The number of amides is 1. The largest absolute Gasteiger partial charge is 0.490 e. The molecule has 0 saturated carbocycles. The van der Waals surface area contributed by atoms with Crippen molar-refractivity contribution in [3.05, 3.63) is 29.6 Å². The van der Waals surface area contributed by atoms with Gasteiger partial charge in [-0.05, 0) is 17.9 Å². The van der Waals surface area contributed by atoms with E-state index >= 15 is 0 Å². The first-order valence-electron chi connectivity index (χ1n) is 7.11. The van der Waals surface area contributed by atoms with E-state index in [4.69, 9.17) is 16.3 Å². The van der Waals surface area contributed by atoms with Gasteiger partial charge in [0.25, 0.3) is 0 Å². The number of halogens is 1. The minimum atomic E-state index is -1.19. The van der Waals surface area contributed by atoms with Crippen molar-refractivity contribution in [1.82, 2.24) is 5.32 Å². The fourth-order valence-electron chi connectivity index (χ4n) is 2.10. The summed E-state index contributed by atoms with van der Waals surface area (Å²) in [6.45, 7) is 5.84. The third-order valence-electron chi connectivity index (χ3n) is 3.16. The van der Waals surface area contributed by atoms with Crippen LogP contribution in [0.15, 0.2) is 18.2 Å². The van der Waals surface area contributed by atoms with E-state index in [0.29, 0.717) is 19.4 Å². The van der Waals surface area contributed by atoms with Crippen molar-refractivity contribution in [1.29, 1.82) is 0 Å². The van der Waals surface area contributed by atoms with E-state index in [0.717, 1.165) is 0 Å². The maximum atomic E-state index is 14.6. The van der Waals surface area contributed by atoms with Crippen LogP contribution in [0.25, 0.3) is 0 Å². The zero-order chi connectivity index (χ0) is 16.8. The predicted octanol–water partition coefficient (Wildman–Crippen LogP) is 3.97. The lowest BCUT2D eigenvalue weighted by Crippen LogP contribution is -2.36. The molecule has 0 saturated heterocycles. The van der Waals surface area contributed by atoms with Crippen molar-refractivity contribution in [3.63, 3.8) is 0 Å². The van der Waals surface area contributed by atoms with Gasteiger partial charge in [-0.25, -0.2) is 9.18 Å². The maximum absolute atomic E-state index is 14.6. The van der Waals surface area contributed by atoms with E-state index in [1.54, 1.807) is 12.1 Å². The Morgan fingerprint density at radius 2 is 2.18 bits per heavy atom. The van der Waals surface area contributed by atoms with Gasteiger partial charge >= 0.3 is 6.09 Å². The van der Waals surface area contributed by atoms with Gasteiger partial charge in [0, 0.05) is 12.0 Å². The van der Waals surface area contributed by atoms with E-state index in [1.807, 2.05) is 20.8 Å². The first-order valence-corrected chi connectivity index (χ1v) is 7.11. The molecule has 22 heavy (non-hydrogen) atoms. The standard InChI is InChI=1S/C17H22FNO3/c1-5-6-7-11-22-13-10-8-9-12(14(13)18)15(17(2,3)4)19-16(20)21/h1,8-10,15,19H,6-7,11H2,2-4H3,(H,20,21). The molecule has 0 fully saturated rings. The van der Waals surface area contributed by atoms with E-state index in [9.17, 15) is 9.18 Å². The number of carboxylic acid groups (broad SMARTS) is 1. The SMILES string of the molecule is C#CCCCOc1cccc(C(NC(=O)O)C(C)(C)C)c1F. The highest BCUT2D eigenvalue weighted by molar-refractivity contribution is 5.65. The lowest BCUT2D eigenvalue weighted by atomic mass is 9.82. The van der Waals surface area contributed by atoms with Gasteiger partial charge in [0.2, 0.25) is 0 Å². The van der Waals surface area contributed by atoms with E-state index < -0.39 is 23.4 Å². The summed E-state index contributed by atoms with van der Waals surface area (Å²) in [5.74, 6) is 2.05. The Labute approximate surface area is 130 Å². The van der Waals surface area contributed by atoms with Crippen molar-refractivity contribution < 1.29 is 19.0 Å². The number of hydrogen-bond donors (Lipinski definition) is 2. The summed E-state index contributed by atoms with van der Waals surface area (Å²) in [6, 6.07) is 4.06. The molecule has 4 nitrogen and oxygen atoms in total. The minimum Gasteiger partial charge on any atom is -0.490 e. The predicted molar refractivity (Wildman–Crippen MR) is 83.3 cm³/mol. The average Bonchev–Trinajstić information content (AvgIpc) is 2.41. The number of ether oxygens (including phenoxy) is 1. The molecule has 5 heteroatoms. The summed E-state index contributed by atoms with van der Waals surface area (Å²) in [5, 5.41) is 11.4. The van der Waals surface area contributed by atoms with E-state index in [2.05, 4.69) is 11.2 Å². The van der Waals surface area contributed by atoms with Crippen molar-refractivity contribution in [2.45, 2.75) is 39.7 Å². The van der Waals surface area contributed by atoms with Crippen LogP contribution in [-0.4, -0.2) is 17.8 Å². The van der Waals surface area contributed by atoms with Crippen LogP contribution in [0, 0.1) is 23.6 Å². The Morgan fingerprint density at radius 1 is 1.50 bits per heavy atom. The molecular weight excluding hydrogens is 285 g/mol. The highest BCUT2D eigenvalue weighted by atomic mass is 19.1. The molecule has 0 aliphatic heterocycles. The van der Waals surface area contributed by atoms with Crippen LogP contribution in [0.1, 0.15) is 45.2 Å². The topological polar surface area (TPSA) is 58.6 Å². The van der Waals surface area contributed by atoms with E-state index in [-0.39, 0.29) is 11.3 Å². The lowest BCUT2D eigenvalue weighted by molar-refractivity contribution is 0.173. The molecule has 0 bridgehead atoms. The van der Waals surface area contributed by atoms with Gasteiger partial charge in [0.1, 0.15) is 0 Å². The molecule has 2 N–H and O–H groups in total. The van der Waals surface area contributed by atoms with Crippen LogP contribution >= 0.6 is 0 Å². The molecular formula is C17H22FNO3. The van der Waals surface area contributed by atoms with Crippen LogP contribution < -0.4 is 10.1 Å². The fraction of sp³-hybridized carbons (Fsp3) is 0.471. The second kappa shape index (κ2) is 7.69. The molecule has 0 radical (unpaired) electrons. The molecule has 1 aromatic carbocycles. The zero-order valence-corrected chi connectivity index (χ0v) is 13.1. The maximum Gasteiger partial charge on any atom is 0.405 e. The molecule has 0 heterocycles. The molecule has 1 aromatic rings. The van der Waals surface area contributed by atoms with Gasteiger partial charge in [0.05, 0.1) is 12.6 Å². The minimum absolute atomic E-state index is 0.107. The summed E-state index contributed by atoms with van der Waals surface area (Å²) in [7, 11) is 0. The van der Waals surface area contributed by atoms with Crippen molar-refractivity contribution in [2.24, 2.45) is 5.41 Å². The van der Waals surface area contributed by atoms with Crippen LogP contribution in [0.5, 0.6) is 5.75 Å². The Balaban J connectivity index is 3.02. The highest BCUT2D eigenvalue weighted by Gasteiger charge is 2.31. The summed E-state index contributed by atoms with van der Waals surface area (Å²) >= 11 is 0. The Bertz CT molecular complexity index is 558. The number of hydrogen-bond acceptors (Lipinski definition) is 2. The zero-order valence-electron chi connectivity index (χ0n) is 13.1. The van der Waals surface area contributed by atoms with Crippen LogP contribution in [0.4, 0.5) is 9.18 Å². The van der Waals surface area contributed by atoms with Gasteiger partial charge in [-0.15, -0.1) is 12.3 Å². The van der Waals surface area contributed by atoms with Crippen molar-refractivity contribution in [3.8, 4) is 18.1 Å². The average molecular weight is 307 g/mol. The molecule has 1 rings (SSSR count). The Morgan fingerprint density at radius 3 is 2.73 bits per heavy atom. The van der Waals surface area contributed by atoms with Gasteiger partial charge in [0.15, 0.2) is 11.6 Å². The van der Waals surface area contributed by atoms with Gasteiger partial charge in [-0.1, -0.05) is 32.9 Å². The number of carbonyl (C=O) groups is 1. The quantitative estimate of drug-likeness (QED) is 0.617. The fourth-order valence-corrected chi connectivity index (χ4v) is 2.10. The first kappa shape index (κ1) is 17.8. The molecule has 1 unspecified atom stereocenters. The first-order chi connectivity index (χ1) is 10.3. The van der Waals surface area contributed by atoms with Gasteiger partial charge in [-0.2, -0.15) is 0 Å². The molecule has 0 aromatic heterocycles. The second-order valence-corrected chi connectivity index (χ2v) is 6.06. The number of benzene rings is 1. The number of nitrogens with one attached hydrogen (secondary N) is 1. The van der Waals surface area contributed by atoms with Gasteiger partial charge in [-0.3, -0.25) is 0 Å². The molecule has 0 spiro atoms. The molecule has 0 aliphatic carbocycles. The number of unbranched alkanes of at least 4 members (excludes halogenated alkanes) is 1. The van der Waals surface area contributed by atoms with E-state index in [1.165, 1.54) is 6.07 Å². The van der Waals surface area contributed by atoms with Crippen LogP contribution in [0.3, 0.4) is 0 Å². The molecule has 1 atom stereocenters. The smallest absolute Gasteiger partial charge is 0.405 e. The monoisotopic (exact) mass is 307 g/mol. The summed E-state index contributed by atoms with van der Waals surface area (Å²) in [4.78, 5) is 11.0. The third-order valence-corrected chi connectivity index (χ3v) is 3.16. The van der Waals surface area contributed by atoms with Crippen LogP contribution in [-0.2, 0) is 0 Å². The Kier molecular flexibility index (Phi) is 6.24. The third kappa shape index (κ3) is 4.96. The summed E-state index contributed by atoms with van der Waals surface area (Å²) in [5.41, 5.74) is -0.217. The second-order valence-electron chi connectivity index (χ2n) is 6.06. The summed E-state index contributed by atoms with van der Waals surface area (Å²) < 4.78 is 20.0. The lowest BCUT2D eigenvalue weighted by Gasteiger charge is -2.31. The van der Waals surface area contributed by atoms with Crippen molar-refractivity contribution in [2.75, 3.05) is 6.61 Å². The summed E-state index contributed by atoms with van der Waals surface area (Å²) in [6.07, 6.45) is 5.15.